The first kappa shape index (κ1) is 27.9. The molecule has 2 saturated carbocycles. The summed E-state index contributed by atoms with van der Waals surface area (Å²) in [6, 6.07) is 3.18. The molecular formula is C29H34N2O9. The van der Waals surface area contributed by atoms with E-state index in [2.05, 4.69) is 0 Å². The van der Waals surface area contributed by atoms with E-state index < -0.39 is 82.0 Å². The minimum atomic E-state index is -2.94. The van der Waals surface area contributed by atoms with Crippen molar-refractivity contribution in [3.63, 3.8) is 0 Å². The van der Waals surface area contributed by atoms with Crippen LogP contribution in [0.5, 0.6) is 5.75 Å². The number of fused-ring (bicyclic) bond motifs is 3. The number of hydrogen-bond donors (Lipinski definition) is 5. The molecule has 0 saturated heterocycles. The molecule has 4 aliphatic rings. The van der Waals surface area contributed by atoms with Crippen molar-refractivity contribution in [1.29, 1.82) is 0 Å². The van der Waals surface area contributed by atoms with Gasteiger partial charge >= 0.3 is 5.97 Å². The van der Waals surface area contributed by atoms with Gasteiger partial charge in [-0.3, -0.25) is 24.1 Å². The molecule has 0 radical (unpaired) electrons. The Bertz CT molecular complexity index is 1370. The molecule has 2 fully saturated rings. The average molecular weight is 555 g/mol. The number of primary amides is 1. The van der Waals surface area contributed by atoms with E-state index in [-0.39, 0.29) is 16.9 Å². The van der Waals surface area contributed by atoms with Gasteiger partial charge in [-0.05, 0) is 44.5 Å². The lowest BCUT2D eigenvalue weighted by molar-refractivity contribution is -0.188. The van der Waals surface area contributed by atoms with Crippen LogP contribution >= 0.6 is 0 Å². The van der Waals surface area contributed by atoms with E-state index in [1.807, 2.05) is 0 Å². The van der Waals surface area contributed by atoms with E-state index in [0.29, 0.717) is 18.4 Å². The Hall–Kier alpha value is -3.70. The molecule has 6 N–H and O–H groups in total. The number of aliphatic hydroxyl groups excluding tert-OH is 2. The molecule has 1 aromatic rings. The molecule has 0 bridgehead atoms. The molecule has 0 unspecified atom stereocenters. The number of aliphatic hydroxyl groups is 3. The first-order chi connectivity index (χ1) is 18.8. The highest BCUT2D eigenvalue weighted by Gasteiger charge is 2.69. The molecule has 0 aliphatic heterocycles. The lowest BCUT2D eigenvalue weighted by Gasteiger charge is -2.54. The van der Waals surface area contributed by atoms with Gasteiger partial charge in [-0.1, -0.05) is 38.3 Å². The van der Waals surface area contributed by atoms with Crippen molar-refractivity contribution >= 4 is 29.2 Å². The van der Waals surface area contributed by atoms with Crippen LogP contribution in [0, 0.1) is 17.8 Å². The molecular weight excluding hydrogens is 520 g/mol. The van der Waals surface area contributed by atoms with E-state index in [1.54, 1.807) is 19.1 Å². The topological polar surface area (TPSA) is 188 Å². The van der Waals surface area contributed by atoms with Crippen LogP contribution < -0.4 is 5.73 Å². The van der Waals surface area contributed by atoms with Crippen LogP contribution in [-0.2, 0) is 23.9 Å². The number of carbonyl (C=O) groups is 4. The van der Waals surface area contributed by atoms with E-state index in [0.717, 1.165) is 19.3 Å². The van der Waals surface area contributed by atoms with Crippen molar-refractivity contribution in [1.82, 2.24) is 4.90 Å². The second-order valence-electron chi connectivity index (χ2n) is 11.5. The average Bonchev–Trinajstić information content (AvgIpc) is 2.90. The highest BCUT2D eigenvalue weighted by molar-refractivity contribution is 6.24. The largest absolute Gasteiger partial charge is 0.508 e. The summed E-state index contributed by atoms with van der Waals surface area (Å²) in [4.78, 5) is 55.0. The Morgan fingerprint density at radius 3 is 2.33 bits per heavy atom. The summed E-state index contributed by atoms with van der Waals surface area (Å²) in [7, 11) is 2.99. The number of amides is 1. The smallest absolute Gasteiger partial charge is 0.309 e. The maximum Gasteiger partial charge on any atom is 0.309 e. The molecule has 1 amide bonds. The number of benzene rings is 1. The van der Waals surface area contributed by atoms with Crippen LogP contribution in [0.3, 0.4) is 0 Å². The number of nitrogens with two attached hydrogens (primary N) is 1. The predicted octanol–water partition coefficient (Wildman–Crippen LogP) is 1.63. The van der Waals surface area contributed by atoms with Crippen LogP contribution in [0.1, 0.15) is 56.1 Å². The number of phenols is 1. The van der Waals surface area contributed by atoms with Crippen molar-refractivity contribution in [2.24, 2.45) is 23.5 Å². The van der Waals surface area contributed by atoms with Crippen molar-refractivity contribution < 1.29 is 44.3 Å². The van der Waals surface area contributed by atoms with E-state index in [9.17, 15) is 39.6 Å². The number of phenolic OH excluding ortho intramolecular Hbond substituents is 1. The quantitative estimate of drug-likeness (QED) is 0.270. The summed E-state index contributed by atoms with van der Waals surface area (Å²) in [5.41, 5.74) is 1.62. The van der Waals surface area contributed by atoms with Crippen LogP contribution in [0.2, 0.25) is 0 Å². The van der Waals surface area contributed by atoms with E-state index in [1.165, 1.54) is 25.1 Å². The molecule has 11 nitrogen and oxygen atoms in total. The molecule has 4 aliphatic carbocycles. The number of likely N-dealkylation sites (N-methyl/N-ethyl adjacent to an activating group) is 1. The number of ketones is 2. The van der Waals surface area contributed by atoms with Gasteiger partial charge in [0.25, 0.3) is 5.91 Å². The number of hydrogen-bond acceptors (Lipinski definition) is 10. The number of carbonyl (C=O) groups excluding carboxylic acids is 4. The first-order valence-electron chi connectivity index (χ1n) is 13.5. The van der Waals surface area contributed by atoms with Crippen molar-refractivity contribution in [3.05, 3.63) is 46.2 Å². The van der Waals surface area contributed by atoms with Crippen molar-refractivity contribution in [2.45, 2.75) is 62.7 Å². The maximum atomic E-state index is 14.2. The minimum absolute atomic E-state index is 0.0244. The SMILES string of the molecule is C[C@@H]1c2cccc(O)c2C(O)=C2C(=O)[C@@]3(O)C(O)=C(C(N)=O)C(=O)[C@H](N(C)C)[C@H]3[C@H](OC(=O)C3CCCCC3)[C@H]21. The Balaban J connectivity index is 1.79. The summed E-state index contributed by atoms with van der Waals surface area (Å²) in [6.45, 7) is 1.73. The van der Waals surface area contributed by atoms with Crippen molar-refractivity contribution in [2.75, 3.05) is 14.1 Å². The Morgan fingerprint density at radius 1 is 1.07 bits per heavy atom. The standard InChI is InChI=1S/C29H34N2O9/c1-12-14-10-7-11-15(32)17(14)22(33)18-16(12)24(40-28(38)13-8-5-4-6-9-13)20-21(31(2)3)23(34)19(27(30)37)26(36)29(20,39)25(18)35/h7,10-13,16,20-21,24,32-33,36,39H,4-6,8-9H2,1-3H3,(H2,30,37)/t12-,16+,20+,21-,24-,29-/m1/s1. The minimum Gasteiger partial charge on any atom is -0.508 e. The zero-order valence-corrected chi connectivity index (χ0v) is 22.6. The summed E-state index contributed by atoms with van der Waals surface area (Å²) in [6.07, 6.45) is 2.45. The highest BCUT2D eigenvalue weighted by atomic mass is 16.5. The molecule has 1 aromatic carbocycles. The molecule has 5 rings (SSSR count). The molecule has 214 valence electrons. The van der Waals surface area contributed by atoms with Gasteiger partial charge in [-0.15, -0.1) is 0 Å². The van der Waals surface area contributed by atoms with Crippen LogP contribution in [0.15, 0.2) is 35.1 Å². The van der Waals surface area contributed by atoms with Crippen LogP contribution in [-0.4, -0.2) is 80.6 Å². The zero-order valence-electron chi connectivity index (χ0n) is 22.6. The van der Waals surface area contributed by atoms with Gasteiger partial charge in [-0.25, -0.2) is 0 Å². The lowest BCUT2D eigenvalue weighted by atomic mass is 9.54. The summed E-state index contributed by atoms with van der Waals surface area (Å²) >= 11 is 0. The van der Waals surface area contributed by atoms with Gasteiger partial charge in [0, 0.05) is 11.5 Å². The molecule has 0 aromatic heterocycles. The molecule has 40 heavy (non-hydrogen) atoms. The van der Waals surface area contributed by atoms with Gasteiger partial charge in [0.2, 0.25) is 5.78 Å². The zero-order chi connectivity index (χ0) is 29.3. The fourth-order valence-electron chi connectivity index (χ4n) is 7.26. The van der Waals surface area contributed by atoms with Crippen LogP contribution in [0.4, 0.5) is 0 Å². The second kappa shape index (κ2) is 9.74. The number of esters is 1. The van der Waals surface area contributed by atoms with E-state index in [4.69, 9.17) is 10.5 Å². The Labute approximate surface area is 230 Å². The third kappa shape index (κ3) is 3.78. The van der Waals surface area contributed by atoms with Crippen molar-refractivity contribution in [3.8, 4) is 5.75 Å². The normalized spacial score (nSPS) is 32.5. The number of aromatic hydroxyl groups is 1. The monoisotopic (exact) mass is 554 g/mol. The van der Waals surface area contributed by atoms with Gasteiger partial charge < -0.3 is 30.9 Å². The number of nitrogens with zero attached hydrogens (tertiary/aromatic N) is 1. The van der Waals surface area contributed by atoms with Gasteiger partial charge in [0.15, 0.2) is 11.4 Å². The third-order valence-electron chi connectivity index (χ3n) is 9.16. The van der Waals surface area contributed by atoms with E-state index >= 15 is 0 Å². The fraction of sp³-hybridized carbons (Fsp3) is 0.517. The highest BCUT2D eigenvalue weighted by Crippen LogP contribution is 2.57. The molecule has 0 heterocycles. The van der Waals surface area contributed by atoms with Gasteiger partial charge in [-0.2, -0.15) is 0 Å². The number of ether oxygens (including phenoxy) is 1. The molecule has 0 spiro atoms. The summed E-state index contributed by atoms with van der Waals surface area (Å²) in [5, 5.41) is 45.3. The number of Topliss-reactive ketones (excluding diaryl/α,β-unsaturated/α-hetero) is 2. The second-order valence-corrected chi connectivity index (χ2v) is 11.5. The number of rotatable bonds is 4. The third-order valence-corrected chi connectivity index (χ3v) is 9.16. The van der Waals surface area contributed by atoms with Gasteiger partial charge in [0.1, 0.15) is 28.9 Å². The summed E-state index contributed by atoms with van der Waals surface area (Å²) < 4.78 is 6.13. The first-order valence-corrected chi connectivity index (χ1v) is 13.5. The predicted molar refractivity (Wildman–Crippen MR) is 141 cm³/mol. The Morgan fingerprint density at radius 2 is 1.73 bits per heavy atom. The van der Waals surface area contributed by atoms with Crippen LogP contribution in [0.25, 0.3) is 5.76 Å². The molecule has 6 atom stereocenters. The molecule has 11 heteroatoms. The van der Waals surface area contributed by atoms with Gasteiger partial charge in [0.05, 0.1) is 23.4 Å². The lowest BCUT2D eigenvalue weighted by Crippen LogP contribution is -2.71. The summed E-state index contributed by atoms with van der Waals surface area (Å²) in [5.74, 6) is -9.84. The fourth-order valence-corrected chi connectivity index (χ4v) is 7.26. The maximum absolute atomic E-state index is 14.2. The Kier molecular flexibility index (Phi) is 6.78.